The van der Waals surface area contributed by atoms with E-state index in [0.717, 1.165) is 10.4 Å². The van der Waals surface area contributed by atoms with Crippen LogP contribution in [0.3, 0.4) is 0 Å². The van der Waals surface area contributed by atoms with Crippen LogP contribution in [-0.4, -0.2) is 52.6 Å². The van der Waals surface area contributed by atoms with Crippen LogP contribution >= 0.6 is 11.3 Å². The number of rotatable bonds is 2. The molecule has 6 rings (SSSR count). The number of hydrogen-bond donors (Lipinski definition) is 1. The molecular weight excluding hydrogens is 497 g/mol. The molecule has 4 heterocycles. The van der Waals surface area contributed by atoms with E-state index in [0.29, 0.717) is 18.4 Å². The molecule has 1 N–H and O–H groups in total. The summed E-state index contributed by atoms with van der Waals surface area (Å²) in [6.07, 6.45) is 6.23. The summed E-state index contributed by atoms with van der Waals surface area (Å²) in [4.78, 5) is 29.0. The topological polar surface area (TPSA) is 84.2 Å². The Hall–Kier alpha value is -3.63. The summed E-state index contributed by atoms with van der Waals surface area (Å²) in [6, 6.07) is 7.45. The highest BCUT2D eigenvalue weighted by Gasteiger charge is 2.53. The Morgan fingerprint density at radius 3 is 2.76 bits per heavy atom. The zero-order valence-corrected chi connectivity index (χ0v) is 21.2. The fraction of sp³-hybridized carbons (Fsp3) is 0.333. The third-order valence-corrected chi connectivity index (χ3v) is 8.66. The molecule has 10 heteroatoms. The second kappa shape index (κ2) is 8.74. The van der Waals surface area contributed by atoms with Crippen molar-refractivity contribution in [1.82, 2.24) is 9.58 Å². The predicted octanol–water partition coefficient (Wildman–Crippen LogP) is 3.70. The number of pyridine rings is 1. The molecule has 1 unspecified atom stereocenters. The number of carbonyl (C=O) groups excluding carboxylic acids is 1. The Bertz CT molecular complexity index is 1470. The molecule has 192 valence electrons. The molecule has 1 saturated carbocycles. The molecule has 2 aliphatic heterocycles. The highest BCUT2D eigenvalue weighted by molar-refractivity contribution is 7.10. The molecule has 1 atom stereocenters. The van der Waals surface area contributed by atoms with Gasteiger partial charge in [-0.15, -0.1) is 11.3 Å². The van der Waals surface area contributed by atoms with Crippen LogP contribution < -0.4 is 15.2 Å². The Balaban J connectivity index is 1.64. The number of benzene rings is 1. The maximum absolute atomic E-state index is 15.2. The molecule has 3 aliphatic rings. The highest BCUT2D eigenvalue weighted by atomic mass is 32.1. The maximum Gasteiger partial charge on any atom is 0.278 e. The average Bonchev–Trinajstić information content (AvgIpc) is 3.27. The Morgan fingerprint density at radius 2 is 2.03 bits per heavy atom. The molecule has 0 saturated heterocycles. The lowest BCUT2D eigenvalue weighted by molar-refractivity contribution is -0.0602. The second-order valence-corrected chi connectivity index (χ2v) is 10.6. The van der Waals surface area contributed by atoms with Crippen molar-refractivity contribution in [2.45, 2.75) is 37.5 Å². The number of aryl methyl sites for hydroxylation is 1. The number of methoxy groups -OCH3 is 1. The van der Waals surface area contributed by atoms with Gasteiger partial charge in [0.25, 0.3) is 5.91 Å². The molecule has 1 aliphatic carbocycles. The van der Waals surface area contributed by atoms with Crippen molar-refractivity contribution >= 4 is 17.2 Å². The van der Waals surface area contributed by atoms with Crippen molar-refractivity contribution in [3.8, 4) is 11.5 Å². The van der Waals surface area contributed by atoms with Crippen LogP contribution in [0.4, 0.5) is 4.39 Å². The smallest absolute Gasteiger partial charge is 0.278 e. The van der Waals surface area contributed by atoms with Gasteiger partial charge in [0.05, 0.1) is 11.6 Å². The fourth-order valence-electron chi connectivity index (χ4n) is 5.62. The van der Waals surface area contributed by atoms with Gasteiger partial charge >= 0.3 is 0 Å². The molecule has 1 fully saturated rings. The highest BCUT2D eigenvalue weighted by Crippen LogP contribution is 2.46. The third kappa shape index (κ3) is 3.58. The number of ether oxygens (including phenoxy) is 2. The molecule has 2 bridgehead atoms. The lowest BCUT2D eigenvalue weighted by Gasteiger charge is -2.55. The van der Waals surface area contributed by atoms with Crippen LogP contribution in [0.25, 0.3) is 0 Å². The van der Waals surface area contributed by atoms with Gasteiger partial charge in [0.1, 0.15) is 19.3 Å². The minimum absolute atomic E-state index is 0.0459. The quantitative estimate of drug-likeness (QED) is 0.516. The van der Waals surface area contributed by atoms with Crippen LogP contribution in [0.5, 0.6) is 11.5 Å². The number of thiophene rings is 1. The van der Waals surface area contributed by atoms with Crippen molar-refractivity contribution < 1.29 is 23.8 Å². The lowest BCUT2D eigenvalue weighted by atomic mass is 9.72. The van der Waals surface area contributed by atoms with Crippen LogP contribution in [0.1, 0.15) is 45.4 Å². The van der Waals surface area contributed by atoms with Gasteiger partial charge in [0.15, 0.2) is 23.0 Å². The van der Waals surface area contributed by atoms with Gasteiger partial charge in [-0.2, -0.15) is 0 Å². The second-order valence-electron chi connectivity index (χ2n) is 9.65. The first kappa shape index (κ1) is 23.7. The van der Waals surface area contributed by atoms with Gasteiger partial charge in [0.2, 0.25) is 5.43 Å². The van der Waals surface area contributed by atoms with Gasteiger partial charge in [-0.05, 0) is 36.1 Å². The number of carbonyl (C=O) groups is 1. The number of amides is 1. The number of nitrogens with zero attached hydrogens (tertiary/aromatic N) is 3. The molecular formula is C27H26FN3O5S. The predicted molar refractivity (Wildman–Crippen MR) is 136 cm³/mol. The van der Waals surface area contributed by atoms with E-state index in [-0.39, 0.29) is 30.8 Å². The summed E-state index contributed by atoms with van der Waals surface area (Å²) in [5, 5.41) is 14.7. The van der Waals surface area contributed by atoms with Gasteiger partial charge < -0.3 is 19.5 Å². The zero-order chi connectivity index (χ0) is 25.9. The van der Waals surface area contributed by atoms with Crippen LogP contribution in [0.2, 0.25) is 0 Å². The van der Waals surface area contributed by atoms with E-state index in [2.05, 4.69) is 0 Å². The maximum atomic E-state index is 15.2. The van der Waals surface area contributed by atoms with Gasteiger partial charge in [-0.25, -0.2) is 4.39 Å². The summed E-state index contributed by atoms with van der Waals surface area (Å²) in [5.41, 5.74) is 0.0950. The number of halogens is 1. The minimum Gasteiger partial charge on any atom is -0.502 e. The SMILES string of the molecule is COC1CC2(/C=C/COc3c(F)cccc3C(c3sccc3C)N3CN2C(=O)c2c(O)c(=O)ccn23)C1. The largest absolute Gasteiger partial charge is 0.502 e. The van der Waals surface area contributed by atoms with E-state index in [1.165, 1.54) is 34.3 Å². The van der Waals surface area contributed by atoms with E-state index in [9.17, 15) is 14.7 Å². The Morgan fingerprint density at radius 1 is 1.22 bits per heavy atom. The zero-order valence-electron chi connectivity index (χ0n) is 20.4. The number of aromatic nitrogens is 1. The van der Waals surface area contributed by atoms with Gasteiger partial charge in [-0.1, -0.05) is 18.2 Å². The van der Waals surface area contributed by atoms with Crippen molar-refractivity contribution in [3.63, 3.8) is 0 Å². The molecule has 0 radical (unpaired) electrons. The first-order chi connectivity index (χ1) is 17.8. The summed E-state index contributed by atoms with van der Waals surface area (Å²) < 4.78 is 28.3. The number of para-hydroxylation sites is 1. The van der Waals surface area contributed by atoms with E-state index < -0.39 is 34.5 Å². The van der Waals surface area contributed by atoms with Crippen LogP contribution in [0, 0.1) is 12.7 Å². The molecule has 1 spiro atoms. The lowest BCUT2D eigenvalue weighted by Crippen LogP contribution is -2.67. The Labute approximate surface area is 216 Å². The first-order valence-corrected chi connectivity index (χ1v) is 12.9. The van der Waals surface area contributed by atoms with Crippen LogP contribution in [0.15, 0.2) is 58.9 Å². The van der Waals surface area contributed by atoms with Crippen molar-refractivity contribution in [1.29, 1.82) is 0 Å². The van der Waals surface area contributed by atoms with Gasteiger partial charge in [-0.3, -0.25) is 19.3 Å². The monoisotopic (exact) mass is 523 g/mol. The average molecular weight is 524 g/mol. The summed E-state index contributed by atoms with van der Waals surface area (Å²) in [5.74, 6) is -1.43. The first-order valence-electron chi connectivity index (χ1n) is 12.0. The standard InChI is InChI=1S/C27H26FN3O5S/c1-16-8-12-37-25(16)21-18-5-3-6-19(28)24(18)36-11-4-9-27(13-17(14-27)35-2)29-15-31(21)30-10-7-20(32)23(33)22(30)26(29)34/h3-10,12,17,21,33H,11,13-15H2,1-2H3/b9-4+. The molecule has 37 heavy (non-hydrogen) atoms. The normalized spacial score (nSPS) is 25.5. The van der Waals surface area contributed by atoms with E-state index in [1.807, 2.05) is 35.5 Å². The minimum atomic E-state index is -0.715. The molecule has 3 aromatic rings. The van der Waals surface area contributed by atoms with Crippen molar-refractivity contribution in [2.24, 2.45) is 0 Å². The Kier molecular flexibility index (Phi) is 5.61. The van der Waals surface area contributed by atoms with Gasteiger partial charge in [0, 0.05) is 42.7 Å². The van der Waals surface area contributed by atoms with Crippen molar-refractivity contribution in [3.05, 3.63) is 91.8 Å². The van der Waals surface area contributed by atoms with Crippen molar-refractivity contribution in [2.75, 3.05) is 25.4 Å². The number of aromatic hydroxyl groups is 1. The van der Waals surface area contributed by atoms with E-state index >= 15 is 4.39 Å². The summed E-state index contributed by atoms with van der Waals surface area (Å²) in [7, 11) is 1.63. The third-order valence-electron chi connectivity index (χ3n) is 7.59. The van der Waals surface area contributed by atoms with Crippen LogP contribution in [-0.2, 0) is 4.74 Å². The fourth-order valence-corrected chi connectivity index (χ4v) is 6.67. The molecule has 8 nitrogen and oxygen atoms in total. The molecule has 1 amide bonds. The summed E-state index contributed by atoms with van der Waals surface area (Å²) >= 11 is 1.51. The number of hydrogen-bond acceptors (Lipinski definition) is 7. The molecule has 2 aromatic heterocycles. The van der Waals surface area contributed by atoms with E-state index in [1.54, 1.807) is 24.2 Å². The molecule has 1 aromatic carbocycles. The number of fused-ring (bicyclic) bond motifs is 6. The van der Waals surface area contributed by atoms with E-state index in [4.69, 9.17) is 9.47 Å². The summed E-state index contributed by atoms with van der Waals surface area (Å²) in [6.45, 7) is 2.22.